The van der Waals surface area contributed by atoms with Crippen LogP contribution in [0, 0.1) is 11.3 Å². The zero-order valence-corrected chi connectivity index (χ0v) is 9.76. The third kappa shape index (κ3) is 6.89. The predicted octanol–water partition coefficient (Wildman–Crippen LogP) is -0.0635. The Morgan fingerprint density at radius 3 is 1.94 bits per heavy atom. The molecule has 0 radical (unpaired) electrons. The lowest BCUT2D eigenvalue weighted by Gasteiger charge is -2.20. The van der Waals surface area contributed by atoms with Gasteiger partial charge in [0.25, 0.3) is 0 Å². The Morgan fingerprint density at radius 1 is 1.06 bits per heavy atom. The average Bonchev–Trinajstić information content (AvgIpc) is 2.20. The molecule has 0 saturated heterocycles. The van der Waals surface area contributed by atoms with E-state index in [4.69, 9.17) is 10.00 Å². The summed E-state index contributed by atoms with van der Waals surface area (Å²) in [6.07, 6.45) is -2.44. The number of ether oxygens (including phenoxy) is 3. The minimum Gasteiger partial charge on any atom is -0.462 e. The highest BCUT2D eigenvalue weighted by atomic mass is 16.6. The normalized spacial score (nSPS) is 12.8. The zero-order valence-electron chi connectivity index (χ0n) is 9.76. The van der Waals surface area contributed by atoms with Crippen molar-refractivity contribution < 1.29 is 28.6 Å². The highest BCUT2D eigenvalue weighted by molar-refractivity contribution is 5.68. The van der Waals surface area contributed by atoms with Crippen LogP contribution < -0.4 is 0 Å². The Morgan fingerprint density at radius 2 is 1.59 bits per heavy atom. The molecule has 0 bridgehead atoms. The van der Waals surface area contributed by atoms with Gasteiger partial charge in [0.15, 0.2) is 6.10 Å². The van der Waals surface area contributed by atoms with Crippen LogP contribution in [0.3, 0.4) is 0 Å². The number of nitriles is 1. The van der Waals surface area contributed by atoms with Gasteiger partial charge in [0, 0.05) is 20.8 Å². The third-order valence-corrected chi connectivity index (χ3v) is 1.53. The van der Waals surface area contributed by atoms with E-state index in [0.29, 0.717) is 0 Å². The van der Waals surface area contributed by atoms with E-state index in [1.54, 1.807) is 6.07 Å². The van der Waals surface area contributed by atoms with E-state index in [2.05, 4.69) is 9.47 Å². The summed E-state index contributed by atoms with van der Waals surface area (Å²) in [6.45, 7) is 3.06. The first-order chi connectivity index (χ1) is 7.86. The van der Waals surface area contributed by atoms with E-state index >= 15 is 0 Å². The van der Waals surface area contributed by atoms with Crippen molar-refractivity contribution in [2.24, 2.45) is 0 Å². The van der Waals surface area contributed by atoms with E-state index in [0.717, 1.165) is 20.8 Å². The number of nitrogens with zero attached hydrogens (tertiary/aromatic N) is 1. The molecule has 0 spiro atoms. The van der Waals surface area contributed by atoms with Crippen LogP contribution in [-0.4, -0.2) is 36.7 Å². The molecule has 0 aromatic carbocycles. The van der Waals surface area contributed by atoms with Crippen molar-refractivity contribution in [2.75, 3.05) is 6.61 Å². The van der Waals surface area contributed by atoms with Gasteiger partial charge in [-0.05, 0) is 0 Å². The summed E-state index contributed by atoms with van der Waals surface area (Å²) in [5.41, 5.74) is 0. The third-order valence-electron chi connectivity index (χ3n) is 1.53. The van der Waals surface area contributed by atoms with Gasteiger partial charge in [-0.1, -0.05) is 0 Å². The first-order valence-corrected chi connectivity index (χ1v) is 4.74. The molecule has 0 saturated carbocycles. The number of esters is 3. The summed E-state index contributed by atoms with van der Waals surface area (Å²) in [4.78, 5) is 32.1. The predicted molar refractivity (Wildman–Crippen MR) is 53.4 cm³/mol. The molecule has 17 heavy (non-hydrogen) atoms. The van der Waals surface area contributed by atoms with E-state index < -0.39 is 30.1 Å². The van der Waals surface area contributed by atoms with Crippen LogP contribution in [0.2, 0.25) is 0 Å². The van der Waals surface area contributed by atoms with E-state index in [1.165, 1.54) is 0 Å². The maximum atomic E-state index is 10.8. The lowest BCUT2D eigenvalue weighted by atomic mass is 10.2. The average molecular weight is 243 g/mol. The molecule has 0 aliphatic rings. The maximum Gasteiger partial charge on any atom is 0.304 e. The molecule has 0 amide bonds. The molecule has 0 aliphatic carbocycles. The highest BCUT2D eigenvalue weighted by Gasteiger charge is 2.28. The van der Waals surface area contributed by atoms with Gasteiger partial charge in [-0.2, -0.15) is 5.26 Å². The Hall–Kier alpha value is -2.10. The number of carbonyl (C=O) groups is 3. The van der Waals surface area contributed by atoms with Crippen LogP contribution >= 0.6 is 0 Å². The van der Waals surface area contributed by atoms with Crippen molar-refractivity contribution in [3.05, 3.63) is 0 Å². The van der Waals surface area contributed by atoms with Crippen LogP contribution in [0.4, 0.5) is 0 Å². The SMILES string of the molecule is CC(=O)OC[C@@H](OC(C)=O)[C@@H](C#N)OC(C)=O. The summed E-state index contributed by atoms with van der Waals surface area (Å²) >= 11 is 0. The Kier molecular flexibility index (Phi) is 6.33. The molecule has 0 N–H and O–H groups in total. The fourth-order valence-corrected chi connectivity index (χ4v) is 0.960. The summed E-state index contributed by atoms with van der Waals surface area (Å²) in [6, 6.07) is 1.65. The summed E-state index contributed by atoms with van der Waals surface area (Å²) in [7, 11) is 0. The minimum atomic E-state index is -1.31. The minimum absolute atomic E-state index is 0.347. The van der Waals surface area contributed by atoms with Crippen LogP contribution in [0.5, 0.6) is 0 Å². The van der Waals surface area contributed by atoms with Gasteiger partial charge in [-0.15, -0.1) is 0 Å². The summed E-state index contributed by atoms with van der Waals surface area (Å²) < 4.78 is 14.0. The van der Waals surface area contributed by atoms with Crippen molar-refractivity contribution in [1.29, 1.82) is 5.26 Å². The molecule has 0 aliphatic heterocycles. The van der Waals surface area contributed by atoms with Gasteiger partial charge < -0.3 is 14.2 Å². The Balaban J connectivity index is 4.62. The lowest BCUT2D eigenvalue weighted by Crippen LogP contribution is -2.37. The molecule has 0 heterocycles. The molecule has 0 aromatic heterocycles. The smallest absolute Gasteiger partial charge is 0.304 e. The topological polar surface area (TPSA) is 103 Å². The van der Waals surface area contributed by atoms with Gasteiger partial charge >= 0.3 is 17.9 Å². The molecular formula is C10H13NO6. The molecule has 0 rings (SSSR count). The molecular weight excluding hydrogens is 230 g/mol. The van der Waals surface area contributed by atoms with Gasteiger partial charge in [-0.25, -0.2) is 0 Å². The standard InChI is InChI=1S/C10H13NO6/c1-6(12)15-5-10(17-8(3)14)9(4-11)16-7(2)13/h9-10H,5H2,1-3H3/t9-,10-/m1/s1. The second-order valence-electron chi connectivity index (χ2n) is 3.11. The first-order valence-electron chi connectivity index (χ1n) is 4.74. The van der Waals surface area contributed by atoms with E-state index in [9.17, 15) is 14.4 Å². The van der Waals surface area contributed by atoms with E-state index in [-0.39, 0.29) is 6.61 Å². The molecule has 7 nitrogen and oxygen atoms in total. The Labute approximate surface area is 98.2 Å². The fourth-order valence-electron chi connectivity index (χ4n) is 0.960. The molecule has 0 aromatic rings. The summed E-state index contributed by atoms with van der Waals surface area (Å²) in [5.74, 6) is -1.97. The van der Waals surface area contributed by atoms with Crippen molar-refractivity contribution >= 4 is 17.9 Å². The fraction of sp³-hybridized carbons (Fsp3) is 0.600. The number of hydrogen-bond acceptors (Lipinski definition) is 7. The van der Waals surface area contributed by atoms with Crippen molar-refractivity contribution in [2.45, 2.75) is 33.0 Å². The van der Waals surface area contributed by atoms with Gasteiger partial charge in [0.05, 0.1) is 0 Å². The van der Waals surface area contributed by atoms with Crippen LogP contribution in [0.1, 0.15) is 20.8 Å². The second kappa shape index (κ2) is 7.22. The van der Waals surface area contributed by atoms with Crippen LogP contribution in [-0.2, 0) is 28.6 Å². The number of rotatable bonds is 5. The molecule has 0 unspecified atom stereocenters. The molecule has 7 heteroatoms. The molecule has 94 valence electrons. The number of carbonyl (C=O) groups excluding carboxylic acids is 3. The lowest BCUT2D eigenvalue weighted by molar-refractivity contribution is -0.168. The molecule has 0 fully saturated rings. The first kappa shape index (κ1) is 14.9. The maximum absolute atomic E-state index is 10.8. The van der Waals surface area contributed by atoms with Crippen molar-refractivity contribution in [3.8, 4) is 6.07 Å². The van der Waals surface area contributed by atoms with Gasteiger partial charge in [0.1, 0.15) is 12.7 Å². The Bertz CT molecular complexity index is 345. The highest BCUT2D eigenvalue weighted by Crippen LogP contribution is 2.06. The van der Waals surface area contributed by atoms with Gasteiger partial charge in [0.2, 0.25) is 6.10 Å². The van der Waals surface area contributed by atoms with Crippen LogP contribution in [0.15, 0.2) is 0 Å². The second-order valence-corrected chi connectivity index (χ2v) is 3.11. The summed E-state index contributed by atoms with van der Waals surface area (Å²) in [5, 5.41) is 8.76. The largest absolute Gasteiger partial charge is 0.462 e. The van der Waals surface area contributed by atoms with Crippen LogP contribution in [0.25, 0.3) is 0 Å². The number of hydrogen-bond donors (Lipinski definition) is 0. The monoisotopic (exact) mass is 243 g/mol. The zero-order chi connectivity index (χ0) is 13.4. The van der Waals surface area contributed by atoms with E-state index in [1.807, 2.05) is 0 Å². The quantitative estimate of drug-likeness (QED) is 0.492. The van der Waals surface area contributed by atoms with Crippen molar-refractivity contribution in [1.82, 2.24) is 0 Å². The van der Waals surface area contributed by atoms with Crippen molar-refractivity contribution in [3.63, 3.8) is 0 Å². The van der Waals surface area contributed by atoms with Gasteiger partial charge in [-0.3, -0.25) is 14.4 Å². The molecule has 2 atom stereocenters.